The zero-order chi connectivity index (χ0) is 22.0. The molecule has 32 heavy (non-hydrogen) atoms. The number of methoxy groups -OCH3 is 1. The summed E-state index contributed by atoms with van der Waals surface area (Å²) in [4.78, 5) is 4.79. The fourth-order valence-corrected chi connectivity index (χ4v) is 3.43. The summed E-state index contributed by atoms with van der Waals surface area (Å²) in [6.07, 6.45) is 3.33. The van der Waals surface area contributed by atoms with Crippen molar-refractivity contribution in [3.63, 3.8) is 0 Å². The van der Waals surface area contributed by atoms with Crippen LogP contribution in [0.25, 0.3) is 0 Å². The van der Waals surface area contributed by atoms with Crippen LogP contribution < -0.4 is 20.1 Å². The molecule has 0 amide bonds. The van der Waals surface area contributed by atoms with Gasteiger partial charge in [0.15, 0.2) is 17.5 Å². The minimum atomic E-state index is 0.540. The van der Waals surface area contributed by atoms with Gasteiger partial charge >= 0.3 is 0 Å². The molecular formula is C25H29N3O4. The number of benzene rings is 2. The van der Waals surface area contributed by atoms with Gasteiger partial charge in [-0.05, 0) is 35.4 Å². The topological polar surface area (TPSA) is 77.2 Å². The van der Waals surface area contributed by atoms with Crippen molar-refractivity contribution < 1.29 is 18.6 Å². The quantitative estimate of drug-likeness (QED) is 0.404. The van der Waals surface area contributed by atoms with E-state index in [0.717, 1.165) is 46.9 Å². The highest BCUT2D eigenvalue weighted by molar-refractivity contribution is 5.94. The Labute approximate surface area is 188 Å². The molecule has 0 atom stereocenters. The predicted molar refractivity (Wildman–Crippen MR) is 124 cm³/mol. The highest BCUT2D eigenvalue weighted by atomic mass is 16.5. The van der Waals surface area contributed by atoms with E-state index in [4.69, 9.17) is 23.6 Å². The predicted octanol–water partition coefficient (Wildman–Crippen LogP) is 4.39. The molecule has 0 saturated heterocycles. The van der Waals surface area contributed by atoms with Crippen LogP contribution in [0.4, 0.5) is 5.69 Å². The van der Waals surface area contributed by atoms with E-state index in [0.29, 0.717) is 38.9 Å². The summed E-state index contributed by atoms with van der Waals surface area (Å²) >= 11 is 0. The largest absolute Gasteiger partial charge is 0.490 e. The number of guanidine groups is 1. The van der Waals surface area contributed by atoms with Crippen LogP contribution in [0.5, 0.6) is 11.5 Å². The average molecular weight is 436 g/mol. The second-order valence-corrected chi connectivity index (χ2v) is 7.51. The van der Waals surface area contributed by atoms with Crippen LogP contribution in [0.2, 0.25) is 0 Å². The minimum absolute atomic E-state index is 0.540. The zero-order valence-corrected chi connectivity index (χ0v) is 18.3. The first-order chi connectivity index (χ1) is 15.8. The van der Waals surface area contributed by atoms with Crippen LogP contribution in [0.3, 0.4) is 0 Å². The number of anilines is 1. The first kappa shape index (κ1) is 21.8. The van der Waals surface area contributed by atoms with E-state index >= 15 is 0 Å². The lowest BCUT2D eigenvalue weighted by Gasteiger charge is -2.14. The molecule has 2 heterocycles. The third kappa shape index (κ3) is 6.28. The summed E-state index contributed by atoms with van der Waals surface area (Å²) in [5.74, 6) is 3.13. The molecule has 0 unspecified atom stereocenters. The third-order valence-corrected chi connectivity index (χ3v) is 4.98. The van der Waals surface area contributed by atoms with Crippen molar-refractivity contribution in [1.82, 2.24) is 5.32 Å². The summed E-state index contributed by atoms with van der Waals surface area (Å²) in [5, 5.41) is 6.78. The summed E-state index contributed by atoms with van der Waals surface area (Å²) < 4.78 is 22.2. The van der Waals surface area contributed by atoms with Gasteiger partial charge in [-0.15, -0.1) is 0 Å². The molecule has 7 nitrogen and oxygen atoms in total. The van der Waals surface area contributed by atoms with Crippen molar-refractivity contribution in [3.8, 4) is 11.5 Å². The molecule has 168 valence electrons. The van der Waals surface area contributed by atoms with Gasteiger partial charge in [0.2, 0.25) is 0 Å². The van der Waals surface area contributed by atoms with Crippen LogP contribution >= 0.6 is 0 Å². The third-order valence-electron chi connectivity index (χ3n) is 4.98. The van der Waals surface area contributed by atoms with E-state index in [1.807, 2.05) is 36.4 Å². The van der Waals surface area contributed by atoms with E-state index in [1.54, 1.807) is 13.4 Å². The van der Waals surface area contributed by atoms with Crippen molar-refractivity contribution in [2.24, 2.45) is 4.99 Å². The Kier molecular flexibility index (Phi) is 7.65. The number of nitrogens with one attached hydrogen (secondary N) is 2. The lowest BCUT2D eigenvalue weighted by molar-refractivity contribution is 0.185. The van der Waals surface area contributed by atoms with Crippen LogP contribution in [0.1, 0.15) is 23.3 Å². The summed E-state index contributed by atoms with van der Waals surface area (Å²) in [6.45, 7) is 3.13. The van der Waals surface area contributed by atoms with Gasteiger partial charge in [-0.25, -0.2) is 4.99 Å². The van der Waals surface area contributed by atoms with Gasteiger partial charge in [0, 0.05) is 38.2 Å². The van der Waals surface area contributed by atoms with Crippen molar-refractivity contribution in [3.05, 3.63) is 77.7 Å². The second kappa shape index (κ2) is 11.2. The molecule has 0 bridgehead atoms. The Morgan fingerprint density at radius 1 is 1.00 bits per heavy atom. The Bertz CT molecular complexity index is 1020. The number of hydrogen-bond acceptors (Lipinski definition) is 5. The maximum absolute atomic E-state index is 5.82. The van der Waals surface area contributed by atoms with Gasteiger partial charge in [-0.2, -0.15) is 0 Å². The van der Waals surface area contributed by atoms with E-state index in [1.165, 1.54) is 0 Å². The van der Waals surface area contributed by atoms with Crippen molar-refractivity contribution in [2.45, 2.75) is 26.0 Å². The lowest BCUT2D eigenvalue weighted by atomic mass is 10.1. The fourth-order valence-electron chi connectivity index (χ4n) is 3.43. The number of aliphatic imine (C=N–C) groups is 1. The SMILES string of the molecule is COCc1cccc(CN=C(NCCc2ccco2)Nc2ccc3c(c2)OCCCO3)c1. The molecule has 0 saturated carbocycles. The Morgan fingerprint density at radius 2 is 1.88 bits per heavy atom. The molecule has 1 aliphatic heterocycles. The maximum atomic E-state index is 5.82. The highest BCUT2D eigenvalue weighted by Crippen LogP contribution is 2.32. The van der Waals surface area contributed by atoms with Gasteiger partial charge in [-0.1, -0.05) is 24.3 Å². The molecule has 2 N–H and O–H groups in total. The van der Waals surface area contributed by atoms with Crippen LogP contribution in [-0.4, -0.2) is 32.8 Å². The molecule has 3 aromatic rings. The smallest absolute Gasteiger partial charge is 0.196 e. The highest BCUT2D eigenvalue weighted by Gasteiger charge is 2.11. The van der Waals surface area contributed by atoms with Crippen LogP contribution in [0.15, 0.2) is 70.3 Å². The first-order valence-corrected chi connectivity index (χ1v) is 10.8. The molecule has 0 aliphatic carbocycles. The molecule has 0 spiro atoms. The Morgan fingerprint density at radius 3 is 2.72 bits per heavy atom. The summed E-state index contributed by atoms with van der Waals surface area (Å²) in [5.41, 5.74) is 3.13. The number of nitrogens with zero attached hydrogens (tertiary/aromatic N) is 1. The molecular weight excluding hydrogens is 406 g/mol. The Hall–Kier alpha value is -3.45. The number of rotatable bonds is 8. The fraction of sp³-hybridized carbons (Fsp3) is 0.320. The van der Waals surface area contributed by atoms with E-state index in [-0.39, 0.29) is 0 Å². The Balaban J connectivity index is 1.47. The van der Waals surface area contributed by atoms with Gasteiger partial charge < -0.3 is 29.3 Å². The lowest BCUT2D eigenvalue weighted by Crippen LogP contribution is -2.32. The number of hydrogen-bond donors (Lipinski definition) is 2. The first-order valence-electron chi connectivity index (χ1n) is 10.8. The molecule has 0 radical (unpaired) electrons. The van der Waals surface area contributed by atoms with Gasteiger partial charge in [-0.3, -0.25) is 0 Å². The van der Waals surface area contributed by atoms with Crippen molar-refractivity contribution in [2.75, 3.05) is 32.2 Å². The number of ether oxygens (including phenoxy) is 3. The monoisotopic (exact) mass is 435 g/mol. The maximum Gasteiger partial charge on any atom is 0.196 e. The zero-order valence-electron chi connectivity index (χ0n) is 18.3. The molecule has 1 aromatic heterocycles. The molecule has 0 fully saturated rings. The van der Waals surface area contributed by atoms with Gasteiger partial charge in [0.25, 0.3) is 0 Å². The standard InChI is InChI=1S/C25H29N3O4/c1-29-18-20-6-2-5-19(15-20)17-27-25(26-11-10-22-7-3-12-30-22)28-21-8-9-23-24(16-21)32-14-4-13-31-23/h2-3,5-9,12,15-16H,4,10-11,13-14,17-18H2,1H3,(H2,26,27,28). The molecule has 7 heteroatoms. The van der Waals surface area contributed by atoms with E-state index in [9.17, 15) is 0 Å². The van der Waals surface area contributed by atoms with Gasteiger partial charge in [0.05, 0.1) is 32.6 Å². The van der Waals surface area contributed by atoms with Crippen LogP contribution in [-0.2, 0) is 24.3 Å². The number of fused-ring (bicyclic) bond motifs is 1. The average Bonchev–Trinajstić information content (AvgIpc) is 3.21. The van der Waals surface area contributed by atoms with E-state index < -0.39 is 0 Å². The van der Waals surface area contributed by atoms with Crippen molar-refractivity contribution in [1.29, 1.82) is 0 Å². The van der Waals surface area contributed by atoms with E-state index in [2.05, 4.69) is 28.8 Å². The minimum Gasteiger partial charge on any atom is -0.490 e. The second-order valence-electron chi connectivity index (χ2n) is 7.51. The molecule has 1 aliphatic rings. The number of furan rings is 1. The summed E-state index contributed by atoms with van der Waals surface area (Å²) in [7, 11) is 1.70. The van der Waals surface area contributed by atoms with Crippen molar-refractivity contribution >= 4 is 11.6 Å². The molecule has 4 rings (SSSR count). The molecule has 2 aromatic carbocycles. The van der Waals surface area contributed by atoms with Crippen LogP contribution in [0, 0.1) is 0 Å². The van der Waals surface area contributed by atoms with Gasteiger partial charge in [0.1, 0.15) is 5.76 Å². The summed E-state index contributed by atoms with van der Waals surface area (Å²) in [6, 6.07) is 18.0. The normalized spacial score (nSPS) is 13.5.